The van der Waals surface area contributed by atoms with E-state index in [-0.39, 0.29) is 5.78 Å². The first-order chi connectivity index (χ1) is 15.5. The van der Waals surface area contributed by atoms with E-state index in [0.717, 1.165) is 17.0 Å². The van der Waals surface area contributed by atoms with Crippen LogP contribution in [-0.2, 0) is 0 Å². The van der Waals surface area contributed by atoms with E-state index in [0.29, 0.717) is 39.9 Å². The van der Waals surface area contributed by atoms with Crippen molar-refractivity contribution < 1.29 is 19.0 Å². The van der Waals surface area contributed by atoms with Crippen molar-refractivity contribution in [3.63, 3.8) is 0 Å². The second-order valence-electron chi connectivity index (χ2n) is 6.62. The van der Waals surface area contributed by atoms with Gasteiger partial charge in [0.05, 0.1) is 32.2 Å². The molecule has 0 atom stereocenters. The van der Waals surface area contributed by atoms with Gasteiger partial charge in [-0.15, -0.1) is 11.3 Å². The summed E-state index contributed by atoms with van der Waals surface area (Å²) in [4.78, 5) is 16.7. The molecule has 0 radical (unpaired) electrons. The van der Waals surface area contributed by atoms with Crippen molar-refractivity contribution >= 4 is 28.4 Å². The molecule has 0 spiro atoms. The summed E-state index contributed by atoms with van der Waals surface area (Å²) < 4.78 is 16.1. The number of benzene rings is 2. The summed E-state index contributed by atoms with van der Waals surface area (Å²) in [5.41, 5.74) is 2.97. The summed E-state index contributed by atoms with van der Waals surface area (Å²) in [6, 6.07) is 13.1. The third-order valence-corrected chi connectivity index (χ3v) is 5.47. The van der Waals surface area contributed by atoms with Gasteiger partial charge in [-0.05, 0) is 44.2 Å². The number of ketones is 1. The van der Waals surface area contributed by atoms with Crippen molar-refractivity contribution in [2.24, 2.45) is 0 Å². The number of Topliss-reactive ketones (excluding diaryl/α,β-unsaturated/α-hetero) is 1. The summed E-state index contributed by atoms with van der Waals surface area (Å²) in [6.07, 6.45) is 1.54. The highest BCUT2D eigenvalue weighted by atomic mass is 32.1. The second kappa shape index (κ2) is 10.5. The number of rotatable bonds is 9. The number of allylic oxidation sites excluding steroid dienone is 1. The Morgan fingerprint density at radius 2 is 1.88 bits per heavy atom. The fourth-order valence-corrected chi connectivity index (χ4v) is 3.79. The number of nitrogens with one attached hydrogen (secondary N) is 1. The van der Waals surface area contributed by atoms with Gasteiger partial charge in [0.2, 0.25) is 0 Å². The Labute approximate surface area is 190 Å². The first kappa shape index (κ1) is 22.8. The highest BCUT2D eigenvalue weighted by Gasteiger charge is 2.15. The minimum atomic E-state index is -0.146. The highest BCUT2D eigenvalue weighted by molar-refractivity contribution is 7.11. The molecule has 0 bridgehead atoms. The number of methoxy groups -OCH3 is 2. The average Bonchev–Trinajstić information content (AvgIpc) is 3.29. The van der Waals surface area contributed by atoms with Gasteiger partial charge in [-0.1, -0.05) is 0 Å². The zero-order chi connectivity index (χ0) is 23.1. The van der Waals surface area contributed by atoms with Crippen molar-refractivity contribution in [2.45, 2.75) is 13.8 Å². The van der Waals surface area contributed by atoms with Gasteiger partial charge in [0, 0.05) is 28.8 Å². The van der Waals surface area contributed by atoms with E-state index in [1.54, 1.807) is 12.1 Å². The number of ether oxygens (including phenoxy) is 3. The summed E-state index contributed by atoms with van der Waals surface area (Å²) >= 11 is 1.37. The fourth-order valence-electron chi connectivity index (χ4n) is 3.00. The normalized spacial score (nSPS) is 10.9. The predicted octanol–water partition coefficient (Wildman–Crippen LogP) is 5.41. The largest absolute Gasteiger partial charge is 0.494 e. The molecule has 0 aliphatic carbocycles. The van der Waals surface area contributed by atoms with Crippen LogP contribution in [0.2, 0.25) is 0 Å². The molecular weight excluding hydrogens is 426 g/mol. The molecule has 0 unspecified atom stereocenters. The van der Waals surface area contributed by atoms with E-state index < -0.39 is 0 Å². The topological polar surface area (TPSA) is 93.5 Å². The van der Waals surface area contributed by atoms with Crippen LogP contribution in [-0.4, -0.2) is 31.6 Å². The van der Waals surface area contributed by atoms with Crippen LogP contribution in [0.25, 0.3) is 16.8 Å². The molecule has 0 saturated heterocycles. The summed E-state index contributed by atoms with van der Waals surface area (Å²) in [6.45, 7) is 4.01. The molecule has 0 saturated carbocycles. The van der Waals surface area contributed by atoms with Crippen LogP contribution < -0.4 is 19.5 Å². The highest BCUT2D eigenvalue weighted by Crippen LogP contribution is 2.34. The Kier molecular flexibility index (Phi) is 7.47. The van der Waals surface area contributed by atoms with E-state index in [1.165, 1.54) is 38.7 Å². The third kappa shape index (κ3) is 5.07. The lowest BCUT2D eigenvalue weighted by Gasteiger charge is -2.13. The van der Waals surface area contributed by atoms with Crippen LogP contribution >= 0.6 is 11.3 Å². The number of hydrogen-bond donors (Lipinski definition) is 1. The Hall–Kier alpha value is -3.83. The van der Waals surface area contributed by atoms with E-state index >= 15 is 0 Å². The van der Waals surface area contributed by atoms with Gasteiger partial charge in [-0.3, -0.25) is 4.79 Å². The minimum Gasteiger partial charge on any atom is -0.494 e. The average molecular weight is 450 g/mol. The van der Waals surface area contributed by atoms with E-state index in [4.69, 9.17) is 14.2 Å². The summed E-state index contributed by atoms with van der Waals surface area (Å²) in [5, 5.41) is 15.2. The molecule has 0 amide bonds. The molecule has 1 heterocycles. The molecule has 1 aromatic heterocycles. The van der Waals surface area contributed by atoms with Gasteiger partial charge in [-0.2, -0.15) is 5.26 Å². The number of carbonyl (C=O) groups is 1. The smallest absolute Gasteiger partial charge is 0.162 e. The first-order valence-corrected chi connectivity index (χ1v) is 10.7. The quantitative estimate of drug-likeness (QED) is 0.345. The van der Waals surface area contributed by atoms with E-state index in [9.17, 15) is 10.1 Å². The van der Waals surface area contributed by atoms with Gasteiger partial charge in [-0.25, -0.2) is 4.98 Å². The third-order valence-electron chi connectivity index (χ3n) is 4.59. The first-order valence-electron chi connectivity index (χ1n) is 9.83. The standard InChI is InChI=1S/C24H23N3O4S/c1-5-31-18-8-6-16(7-9-18)21-14-32-24(27-21)17(12-25)13-26-20-11-23(30-4)22(29-3)10-19(20)15(2)28/h6-11,13-14,26H,5H2,1-4H3. The van der Waals surface area contributed by atoms with Crippen LogP contribution in [0, 0.1) is 11.3 Å². The van der Waals surface area contributed by atoms with Crippen LogP contribution in [0.5, 0.6) is 17.2 Å². The fraction of sp³-hybridized carbons (Fsp3) is 0.208. The molecule has 2 aromatic carbocycles. The van der Waals surface area contributed by atoms with Gasteiger partial charge in [0.1, 0.15) is 22.4 Å². The lowest BCUT2D eigenvalue weighted by Crippen LogP contribution is -2.03. The zero-order valence-corrected chi connectivity index (χ0v) is 19.1. The predicted molar refractivity (Wildman–Crippen MR) is 125 cm³/mol. The van der Waals surface area contributed by atoms with E-state index in [2.05, 4.69) is 16.4 Å². The Bertz CT molecular complexity index is 1180. The van der Waals surface area contributed by atoms with Crippen molar-refractivity contribution in [3.05, 3.63) is 58.5 Å². The van der Waals surface area contributed by atoms with Gasteiger partial charge >= 0.3 is 0 Å². The number of hydrogen-bond acceptors (Lipinski definition) is 8. The maximum absolute atomic E-state index is 12.1. The lowest BCUT2D eigenvalue weighted by atomic mass is 10.1. The molecule has 164 valence electrons. The van der Waals surface area contributed by atoms with Crippen molar-refractivity contribution in [1.82, 2.24) is 4.98 Å². The number of thiazole rings is 1. The molecule has 0 aliphatic rings. The van der Waals surface area contributed by atoms with Crippen molar-refractivity contribution in [2.75, 3.05) is 26.1 Å². The molecular formula is C24H23N3O4S. The SMILES string of the molecule is CCOc1ccc(-c2csc(C(C#N)=CNc3cc(OC)c(OC)cc3C(C)=O)n2)cc1. The lowest BCUT2D eigenvalue weighted by molar-refractivity contribution is 0.101. The number of nitriles is 1. The molecule has 0 aliphatic heterocycles. The van der Waals surface area contributed by atoms with Gasteiger partial charge in [0.15, 0.2) is 17.3 Å². The van der Waals surface area contributed by atoms with Gasteiger partial charge < -0.3 is 19.5 Å². The number of anilines is 1. The number of aromatic nitrogens is 1. The summed E-state index contributed by atoms with van der Waals surface area (Å²) in [7, 11) is 3.02. The Morgan fingerprint density at radius 1 is 1.19 bits per heavy atom. The molecule has 3 rings (SSSR count). The summed E-state index contributed by atoms with van der Waals surface area (Å²) in [5.74, 6) is 1.57. The van der Waals surface area contributed by atoms with Crippen molar-refractivity contribution in [3.8, 4) is 34.6 Å². The monoisotopic (exact) mass is 449 g/mol. The van der Waals surface area contributed by atoms with Crippen LogP contribution in [0.4, 0.5) is 5.69 Å². The van der Waals surface area contributed by atoms with Crippen LogP contribution in [0.3, 0.4) is 0 Å². The van der Waals surface area contributed by atoms with Crippen LogP contribution in [0.1, 0.15) is 29.2 Å². The number of carbonyl (C=O) groups excluding carboxylic acids is 1. The van der Waals surface area contributed by atoms with Gasteiger partial charge in [0.25, 0.3) is 0 Å². The molecule has 1 N–H and O–H groups in total. The molecule has 32 heavy (non-hydrogen) atoms. The Morgan fingerprint density at radius 3 is 2.47 bits per heavy atom. The zero-order valence-electron chi connectivity index (χ0n) is 18.3. The number of nitrogens with zero attached hydrogens (tertiary/aromatic N) is 2. The molecule has 0 fully saturated rings. The van der Waals surface area contributed by atoms with Crippen LogP contribution in [0.15, 0.2) is 48.0 Å². The minimum absolute atomic E-state index is 0.146. The second-order valence-corrected chi connectivity index (χ2v) is 7.48. The molecule has 3 aromatic rings. The van der Waals surface area contributed by atoms with E-state index in [1.807, 2.05) is 36.6 Å². The maximum atomic E-state index is 12.1. The Balaban J connectivity index is 1.88. The molecule has 8 heteroatoms. The van der Waals surface area contributed by atoms with Crippen molar-refractivity contribution in [1.29, 1.82) is 5.26 Å². The maximum Gasteiger partial charge on any atom is 0.162 e. The molecule has 7 nitrogen and oxygen atoms in total.